The molecule has 3 aromatic rings. The molecule has 1 amide bonds. The van der Waals surface area contributed by atoms with Crippen LogP contribution >= 0.6 is 0 Å². The number of para-hydroxylation sites is 1. The van der Waals surface area contributed by atoms with E-state index in [1.807, 2.05) is 22.8 Å². The average molecular weight is 386 g/mol. The minimum absolute atomic E-state index is 0.189. The first kappa shape index (κ1) is 17.3. The first-order valence-corrected chi connectivity index (χ1v) is 9.41. The van der Waals surface area contributed by atoms with Crippen LogP contribution in [0.25, 0.3) is 10.9 Å². The van der Waals surface area contributed by atoms with Gasteiger partial charge in [0.1, 0.15) is 6.33 Å². The number of fused-ring (bicyclic) bond motifs is 1. The second-order valence-electron chi connectivity index (χ2n) is 7.78. The quantitative estimate of drug-likeness (QED) is 0.692. The molecule has 2 aliphatic rings. The molecule has 2 fully saturated rings. The number of hydrogen-bond donors (Lipinski definition) is 0. The van der Waals surface area contributed by atoms with E-state index in [0.717, 1.165) is 18.4 Å². The van der Waals surface area contributed by atoms with Gasteiger partial charge in [0.2, 0.25) is 0 Å². The van der Waals surface area contributed by atoms with E-state index in [4.69, 9.17) is 0 Å². The number of amides is 1. The molecule has 1 saturated carbocycles. The van der Waals surface area contributed by atoms with Gasteiger partial charge in [-0.2, -0.15) is 5.10 Å². The van der Waals surface area contributed by atoms with Gasteiger partial charge in [-0.25, -0.2) is 8.78 Å². The lowest BCUT2D eigenvalue weighted by Crippen LogP contribution is -2.34. The van der Waals surface area contributed by atoms with Gasteiger partial charge in [0.25, 0.3) is 11.8 Å². The van der Waals surface area contributed by atoms with Crippen molar-refractivity contribution in [1.82, 2.24) is 29.4 Å². The van der Waals surface area contributed by atoms with Crippen LogP contribution in [0.2, 0.25) is 0 Å². The summed E-state index contributed by atoms with van der Waals surface area (Å²) in [6.45, 7) is 0.0661. The number of alkyl halides is 2. The summed E-state index contributed by atoms with van der Waals surface area (Å²) in [7, 11) is 1.74. The van der Waals surface area contributed by atoms with Gasteiger partial charge in [0.15, 0.2) is 11.5 Å². The molecule has 28 heavy (non-hydrogen) atoms. The third-order valence-corrected chi connectivity index (χ3v) is 5.59. The number of aromatic nitrogens is 5. The highest BCUT2D eigenvalue weighted by Crippen LogP contribution is 2.42. The first-order chi connectivity index (χ1) is 13.4. The van der Waals surface area contributed by atoms with Gasteiger partial charge in [-0.15, -0.1) is 10.2 Å². The molecule has 5 rings (SSSR count). The number of nitrogens with zero attached hydrogens (tertiary/aromatic N) is 6. The van der Waals surface area contributed by atoms with Crippen LogP contribution in [0.15, 0.2) is 30.6 Å². The molecule has 0 N–H and O–H groups in total. The Balaban J connectivity index is 1.53. The lowest BCUT2D eigenvalue weighted by Gasteiger charge is -2.23. The molecule has 3 heterocycles. The maximum absolute atomic E-state index is 14.4. The molecule has 0 unspecified atom stereocenters. The summed E-state index contributed by atoms with van der Waals surface area (Å²) in [5.74, 6) is -2.50. The summed E-state index contributed by atoms with van der Waals surface area (Å²) in [5, 5.41) is 13.0. The molecule has 1 aromatic carbocycles. The Hall–Kier alpha value is -2.84. The molecule has 2 aromatic heterocycles. The lowest BCUT2D eigenvalue weighted by molar-refractivity contribution is 0.0117. The van der Waals surface area contributed by atoms with Crippen molar-refractivity contribution in [3.63, 3.8) is 0 Å². The van der Waals surface area contributed by atoms with Crippen molar-refractivity contribution in [3.8, 4) is 0 Å². The van der Waals surface area contributed by atoms with E-state index < -0.39 is 30.8 Å². The van der Waals surface area contributed by atoms with Gasteiger partial charge < -0.3 is 9.47 Å². The fourth-order valence-electron chi connectivity index (χ4n) is 4.01. The Morgan fingerprint density at radius 2 is 2.07 bits per heavy atom. The molecule has 1 atom stereocenters. The topological polar surface area (TPSA) is 68.8 Å². The molecule has 7 nitrogen and oxygen atoms in total. The summed E-state index contributed by atoms with van der Waals surface area (Å²) in [5.41, 5.74) is 0.972. The van der Waals surface area contributed by atoms with E-state index in [9.17, 15) is 13.6 Å². The fraction of sp³-hybridized carbons (Fsp3) is 0.474. The molecule has 0 spiro atoms. The van der Waals surface area contributed by atoms with Gasteiger partial charge in [0, 0.05) is 25.4 Å². The average Bonchev–Trinajstić information content (AvgIpc) is 3.11. The Morgan fingerprint density at radius 1 is 1.29 bits per heavy atom. The maximum Gasteiger partial charge on any atom is 0.275 e. The molecular formula is C19H20F2N6O. The highest BCUT2D eigenvalue weighted by atomic mass is 19.3. The van der Waals surface area contributed by atoms with Gasteiger partial charge in [0.05, 0.1) is 18.1 Å². The molecular weight excluding hydrogens is 366 g/mol. The van der Waals surface area contributed by atoms with Gasteiger partial charge in [-0.3, -0.25) is 9.48 Å². The standard InChI is InChI=1S/C19H20F2N6O/c1-25-14-5-3-2-4-13(14)16(24-25)18(28)27-10-19(20,21)8-15(27)17-23-22-11-26(17)9-12-6-7-12/h2-5,11-12,15H,6-10H2,1H3/t15-/m0/s1. The zero-order chi connectivity index (χ0) is 19.5. The van der Waals surface area contributed by atoms with Crippen LogP contribution < -0.4 is 0 Å². The first-order valence-electron chi connectivity index (χ1n) is 9.41. The van der Waals surface area contributed by atoms with Crippen molar-refractivity contribution in [2.75, 3.05) is 6.54 Å². The Bertz CT molecular complexity index is 1050. The number of rotatable bonds is 4. The van der Waals surface area contributed by atoms with Gasteiger partial charge in [-0.05, 0) is 24.8 Å². The van der Waals surface area contributed by atoms with Crippen LogP contribution in [0, 0.1) is 5.92 Å². The zero-order valence-corrected chi connectivity index (χ0v) is 15.4. The molecule has 1 aliphatic carbocycles. The smallest absolute Gasteiger partial charge is 0.275 e. The van der Waals surface area contributed by atoms with Crippen LogP contribution in [-0.4, -0.2) is 47.8 Å². The van der Waals surface area contributed by atoms with Crippen molar-refractivity contribution < 1.29 is 13.6 Å². The second kappa shape index (κ2) is 6.08. The maximum atomic E-state index is 14.4. The molecule has 9 heteroatoms. The number of aryl methyl sites for hydroxylation is 1. The van der Waals surface area contributed by atoms with Crippen LogP contribution in [0.4, 0.5) is 8.78 Å². The number of likely N-dealkylation sites (tertiary alicyclic amines) is 1. The fourth-order valence-corrected chi connectivity index (χ4v) is 4.01. The van der Waals surface area contributed by atoms with Crippen molar-refractivity contribution >= 4 is 16.8 Å². The van der Waals surface area contributed by atoms with Crippen LogP contribution in [-0.2, 0) is 13.6 Å². The third-order valence-electron chi connectivity index (χ3n) is 5.59. The van der Waals surface area contributed by atoms with E-state index in [1.54, 1.807) is 24.1 Å². The van der Waals surface area contributed by atoms with Crippen molar-refractivity contribution in [1.29, 1.82) is 0 Å². The monoisotopic (exact) mass is 386 g/mol. The van der Waals surface area contributed by atoms with E-state index in [2.05, 4.69) is 15.3 Å². The molecule has 1 aliphatic heterocycles. The molecule has 0 bridgehead atoms. The Labute approximate surface area is 159 Å². The second-order valence-corrected chi connectivity index (χ2v) is 7.78. The minimum Gasteiger partial charge on any atom is -0.321 e. The minimum atomic E-state index is -2.97. The molecule has 1 saturated heterocycles. The highest BCUT2D eigenvalue weighted by molar-refractivity contribution is 6.05. The predicted octanol–water partition coefficient (Wildman–Crippen LogP) is 2.80. The summed E-state index contributed by atoms with van der Waals surface area (Å²) < 4.78 is 32.1. The zero-order valence-electron chi connectivity index (χ0n) is 15.4. The normalized spacial score (nSPS) is 21.5. The molecule has 146 valence electrons. The Morgan fingerprint density at radius 3 is 2.86 bits per heavy atom. The van der Waals surface area contributed by atoms with Gasteiger partial charge in [-0.1, -0.05) is 18.2 Å². The van der Waals surface area contributed by atoms with Crippen molar-refractivity contribution in [3.05, 3.63) is 42.1 Å². The predicted molar refractivity (Wildman–Crippen MR) is 96.8 cm³/mol. The van der Waals surface area contributed by atoms with E-state index in [0.29, 0.717) is 23.7 Å². The number of carbonyl (C=O) groups excluding carboxylic acids is 1. The largest absolute Gasteiger partial charge is 0.321 e. The van der Waals surface area contributed by atoms with Crippen molar-refractivity contribution in [2.24, 2.45) is 13.0 Å². The van der Waals surface area contributed by atoms with Crippen LogP contribution in [0.1, 0.15) is 41.6 Å². The highest BCUT2D eigenvalue weighted by Gasteiger charge is 2.50. The molecule has 0 radical (unpaired) electrons. The van der Waals surface area contributed by atoms with E-state index in [-0.39, 0.29) is 5.69 Å². The van der Waals surface area contributed by atoms with Crippen LogP contribution in [0.3, 0.4) is 0 Å². The Kier molecular flexibility index (Phi) is 3.75. The van der Waals surface area contributed by atoms with Gasteiger partial charge >= 0.3 is 0 Å². The number of hydrogen-bond acceptors (Lipinski definition) is 4. The summed E-state index contributed by atoms with van der Waals surface area (Å²) in [6, 6.07) is 6.48. The van der Waals surface area contributed by atoms with E-state index in [1.165, 1.54) is 4.90 Å². The summed E-state index contributed by atoms with van der Waals surface area (Å²) >= 11 is 0. The summed E-state index contributed by atoms with van der Waals surface area (Å²) in [4.78, 5) is 14.5. The lowest BCUT2D eigenvalue weighted by atomic mass is 10.1. The number of halogens is 2. The SMILES string of the molecule is Cn1nc(C(=O)N2CC(F)(F)C[C@H]2c2nncn2CC2CC2)c2ccccc21. The summed E-state index contributed by atoms with van der Waals surface area (Å²) in [6.07, 6.45) is 3.37. The van der Waals surface area contributed by atoms with Crippen molar-refractivity contribution in [2.45, 2.75) is 37.8 Å². The van der Waals surface area contributed by atoms with Crippen LogP contribution in [0.5, 0.6) is 0 Å². The van der Waals surface area contributed by atoms with E-state index >= 15 is 0 Å². The number of benzene rings is 1. The number of carbonyl (C=O) groups is 1. The third kappa shape index (κ3) is 2.85.